The molecular weight excluding hydrogens is 354 g/mol. The van der Waals surface area contributed by atoms with Crippen molar-refractivity contribution >= 4 is 11.7 Å². The number of carbonyl (C=O) groups is 1. The summed E-state index contributed by atoms with van der Waals surface area (Å²) in [7, 11) is 3.23. The number of methoxy groups -OCH3 is 2. The van der Waals surface area contributed by atoms with Gasteiger partial charge in [0.2, 0.25) is 0 Å². The lowest BCUT2D eigenvalue weighted by molar-refractivity contribution is 0.251. The Labute approximate surface area is 165 Å². The van der Waals surface area contributed by atoms with Crippen LogP contribution >= 0.6 is 0 Å². The molecule has 0 aliphatic rings. The van der Waals surface area contributed by atoms with Crippen molar-refractivity contribution in [3.05, 3.63) is 71.5 Å². The molecule has 0 fully saturated rings. The number of anilines is 1. The molecule has 0 radical (unpaired) electrons. The van der Waals surface area contributed by atoms with Crippen molar-refractivity contribution in [1.82, 2.24) is 9.88 Å². The molecule has 0 atom stereocenters. The van der Waals surface area contributed by atoms with Crippen LogP contribution in [0, 0.1) is 13.8 Å². The van der Waals surface area contributed by atoms with Gasteiger partial charge in [-0.3, -0.25) is 0 Å². The van der Waals surface area contributed by atoms with Crippen molar-refractivity contribution in [2.24, 2.45) is 0 Å². The predicted octanol–water partition coefficient (Wildman–Crippen LogP) is 4.43. The van der Waals surface area contributed by atoms with Crippen LogP contribution in [0.5, 0.6) is 11.5 Å². The second kappa shape index (κ2) is 8.52. The van der Waals surface area contributed by atoms with Crippen LogP contribution in [0.15, 0.2) is 54.6 Å². The molecule has 0 aliphatic heterocycles. The standard InChI is InChI=1S/C22H25N3O3/c1-15-13-17(16(2)25(15)18-9-11-19(27-3)12-10-18)14-23-22(26)24-20-7-5-6-8-21(20)28-4/h5-13H,14H2,1-4H3,(H2,23,24,26). The first-order valence-electron chi connectivity index (χ1n) is 9.03. The number of urea groups is 1. The van der Waals surface area contributed by atoms with Gasteiger partial charge in [0, 0.05) is 23.6 Å². The van der Waals surface area contributed by atoms with Gasteiger partial charge in [-0.2, -0.15) is 0 Å². The Balaban J connectivity index is 1.70. The van der Waals surface area contributed by atoms with Crippen molar-refractivity contribution < 1.29 is 14.3 Å². The Morgan fingerprint density at radius 3 is 2.39 bits per heavy atom. The highest BCUT2D eigenvalue weighted by atomic mass is 16.5. The Kier molecular flexibility index (Phi) is 5.89. The zero-order chi connectivity index (χ0) is 20.1. The second-order valence-corrected chi connectivity index (χ2v) is 6.44. The highest BCUT2D eigenvalue weighted by Gasteiger charge is 2.12. The predicted molar refractivity (Wildman–Crippen MR) is 111 cm³/mol. The highest BCUT2D eigenvalue weighted by Crippen LogP contribution is 2.24. The Morgan fingerprint density at radius 2 is 1.71 bits per heavy atom. The maximum absolute atomic E-state index is 12.3. The number of para-hydroxylation sites is 2. The van der Waals surface area contributed by atoms with Crippen LogP contribution in [0.4, 0.5) is 10.5 Å². The molecular formula is C22H25N3O3. The molecule has 2 N–H and O–H groups in total. The van der Waals surface area contributed by atoms with Crippen LogP contribution < -0.4 is 20.1 Å². The maximum Gasteiger partial charge on any atom is 0.319 e. The van der Waals surface area contributed by atoms with Crippen LogP contribution in [-0.4, -0.2) is 24.8 Å². The van der Waals surface area contributed by atoms with Gasteiger partial charge in [-0.05, 0) is 61.9 Å². The number of ether oxygens (including phenoxy) is 2. The first-order chi connectivity index (χ1) is 13.5. The zero-order valence-electron chi connectivity index (χ0n) is 16.6. The van der Waals surface area contributed by atoms with Crippen LogP contribution in [0.2, 0.25) is 0 Å². The second-order valence-electron chi connectivity index (χ2n) is 6.44. The molecule has 6 heteroatoms. The van der Waals surface area contributed by atoms with Gasteiger partial charge < -0.3 is 24.7 Å². The number of rotatable bonds is 6. The summed E-state index contributed by atoms with van der Waals surface area (Å²) in [5.41, 5.74) is 4.93. The van der Waals surface area contributed by atoms with E-state index in [2.05, 4.69) is 28.2 Å². The number of hydrogen-bond donors (Lipinski definition) is 2. The van der Waals surface area contributed by atoms with Gasteiger partial charge in [-0.25, -0.2) is 4.79 Å². The number of amides is 2. The summed E-state index contributed by atoms with van der Waals surface area (Å²) in [5.74, 6) is 1.44. The summed E-state index contributed by atoms with van der Waals surface area (Å²) < 4.78 is 12.6. The lowest BCUT2D eigenvalue weighted by Gasteiger charge is -2.12. The lowest BCUT2D eigenvalue weighted by Crippen LogP contribution is -2.28. The van der Waals surface area contributed by atoms with E-state index in [1.807, 2.05) is 43.3 Å². The van der Waals surface area contributed by atoms with Crippen LogP contribution in [0.25, 0.3) is 5.69 Å². The summed E-state index contributed by atoms with van der Waals surface area (Å²) in [5, 5.41) is 5.73. The SMILES string of the molecule is COc1ccc(-n2c(C)cc(CNC(=O)Nc3ccccc3OC)c2C)cc1. The molecule has 3 rings (SSSR count). The monoisotopic (exact) mass is 379 g/mol. The van der Waals surface area contributed by atoms with Gasteiger partial charge >= 0.3 is 6.03 Å². The Bertz CT molecular complexity index is 962. The fourth-order valence-electron chi connectivity index (χ4n) is 3.23. The smallest absolute Gasteiger partial charge is 0.319 e. The van der Waals surface area contributed by atoms with E-state index < -0.39 is 0 Å². The van der Waals surface area contributed by atoms with Crippen LogP contribution in [0.1, 0.15) is 17.0 Å². The quantitative estimate of drug-likeness (QED) is 0.666. The third kappa shape index (κ3) is 4.11. The van der Waals surface area contributed by atoms with Gasteiger partial charge in [-0.15, -0.1) is 0 Å². The molecule has 28 heavy (non-hydrogen) atoms. The molecule has 0 spiro atoms. The number of hydrogen-bond acceptors (Lipinski definition) is 3. The third-order valence-corrected chi connectivity index (χ3v) is 4.66. The molecule has 6 nitrogen and oxygen atoms in total. The van der Waals surface area contributed by atoms with Crippen molar-refractivity contribution in [3.8, 4) is 17.2 Å². The molecule has 0 saturated carbocycles. The molecule has 0 aliphatic carbocycles. The molecule has 0 unspecified atom stereocenters. The van der Waals surface area contributed by atoms with Crippen LogP contribution in [0.3, 0.4) is 0 Å². The minimum atomic E-state index is -0.279. The van der Waals surface area contributed by atoms with Crippen LogP contribution in [-0.2, 0) is 6.54 Å². The van der Waals surface area contributed by atoms with E-state index >= 15 is 0 Å². The molecule has 2 amide bonds. The normalized spacial score (nSPS) is 10.4. The number of aromatic nitrogens is 1. The number of nitrogens with zero attached hydrogens (tertiary/aromatic N) is 1. The minimum Gasteiger partial charge on any atom is -0.497 e. The van der Waals surface area contributed by atoms with E-state index in [9.17, 15) is 4.79 Å². The van der Waals surface area contributed by atoms with Gasteiger partial charge in [0.05, 0.1) is 19.9 Å². The van der Waals surface area contributed by atoms with Crippen molar-refractivity contribution in [2.75, 3.05) is 19.5 Å². The average Bonchev–Trinajstić information content (AvgIpc) is 3.00. The summed E-state index contributed by atoms with van der Waals surface area (Å²) in [4.78, 5) is 12.3. The largest absolute Gasteiger partial charge is 0.497 e. The number of nitrogens with one attached hydrogen (secondary N) is 2. The maximum atomic E-state index is 12.3. The van der Waals surface area contributed by atoms with Gasteiger partial charge in [0.25, 0.3) is 0 Å². The Morgan fingerprint density at radius 1 is 1.00 bits per heavy atom. The fraction of sp³-hybridized carbons (Fsp3) is 0.227. The van der Waals surface area contributed by atoms with E-state index in [0.717, 1.165) is 28.4 Å². The molecule has 0 saturated heterocycles. The number of aryl methyl sites for hydroxylation is 1. The molecule has 146 valence electrons. The molecule has 3 aromatic rings. The first-order valence-corrected chi connectivity index (χ1v) is 9.03. The first kappa shape index (κ1) is 19.4. The van der Waals surface area contributed by atoms with E-state index in [-0.39, 0.29) is 6.03 Å². The van der Waals surface area contributed by atoms with Gasteiger partial charge in [-0.1, -0.05) is 12.1 Å². The summed E-state index contributed by atoms with van der Waals surface area (Å²) in [6, 6.07) is 17.0. The van der Waals surface area contributed by atoms with Crippen molar-refractivity contribution in [2.45, 2.75) is 20.4 Å². The highest BCUT2D eigenvalue weighted by molar-refractivity contribution is 5.90. The van der Waals surface area contributed by atoms with Crippen molar-refractivity contribution in [1.29, 1.82) is 0 Å². The van der Waals surface area contributed by atoms with E-state index in [1.54, 1.807) is 26.4 Å². The van der Waals surface area contributed by atoms with E-state index in [4.69, 9.17) is 9.47 Å². The van der Waals surface area contributed by atoms with Gasteiger partial charge in [0.1, 0.15) is 11.5 Å². The molecule has 2 aromatic carbocycles. The lowest BCUT2D eigenvalue weighted by atomic mass is 10.2. The van der Waals surface area contributed by atoms with Gasteiger partial charge in [0.15, 0.2) is 0 Å². The summed E-state index contributed by atoms with van der Waals surface area (Å²) >= 11 is 0. The average molecular weight is 379 g/mol. The summed E-state index contributed by atoms with van der Waals surface area (Å²) in [6.45, 7) is 4.53. The summed E-state index contributed by atoms with van der Waals surface area (Å²) in [6.07, 6.45) is 0. The van der Waals surface area contributed by atoms with E-state index in [1.165, 1.54) is 0 Å². The number of carbonyl (C=O) groups excluding carboxylic acids is 1. The topological polar surface area (TPSA) is 64.5 Å². The molecule has 0 bridgehead atoms. The minimum absolute atomic E-state index is 0.279. The third-order valence-electron chi connectivity index (χ3n) is 4.66. The Hall–Kier alpha value is -3.41. The van der Waals surface area contributed by atoms with E-state index in [0.29, 0.717) is 18.0 Å². The fourth-order valence-corrected chi connectivity index (χ4v) is 3.23. The zero-order valence-corrected chi connectivity index (χ0v) is 16.6. The molecule has 1 aromatic heterocycles. The van der Waals surface area contributed by atoms with Crippen molar-refractivity contribution in [3.63, 3.8) is 0 Å². The molecule has 1 heterocycles. The number of benzene rings is 2.